The number of carbonyl (C=O) groups is 4. The zero-order chi connectivity index (χ0) is 33.6. The maximum atomic E-state index is 13.8. The van der Waals surface area contributed by atoms with E-state index in [2.05, 4.69) is 16.0 Å². The summed E-state index contributed by atoms with van der Waals surface area (Å²) < 4.78 is 5.97. The van der Waals surface area contributed by atoms with Gasteiger partial charge in [-0.2, -0.15) is 0 Å². The van der Waals surface area contributed by atoms with Crippen molar-refractivity contribution in [1.82, 2.24) is 16.0 Å². The highest BCUT2D eigenvalue weighted by atomic mass is 35.5. The predicted molar refractivity (Wildman–Crippen MR) is 183 cm³/mol. The Kier molecular flexibility index (Phi) is 13.1. The van der Waals surface area contributed by atoms with Gasteiger partial charge in [-0.3, -0.25) is 14.4 Å². The first kappa shape index (κ1) is 34.9. The van der Waals surface area contributed by atoms with Crippen molar-refractivity contribution in [2.75, 3.05) is 0 Å². The topological polar surface area (TPSA) is 114 Å². The minimum Gasteiger partial charge on any atom is -0.488 e. The van der Waals surface area contributed by atoms with Crippen LogP contribution in [0.2, 0.25) is 5.02 Å². The van der Waals surface area contributed by atoms with Gasteiger partial charge in [0.15, 0.2) is 0 Å². The second kappa shape index (κ2) is 17.7. The van der Waals surface area contributed by atoms with E-state index in [-0.39, 0.29) is 24.5 Å². The van der Waals surface area contributed by atoms with Crippen LogP contribution in [0.5, 0.6) is 5.75 Å². The van der Waals surface area contributed by atoms with E-state index in [1.54, 1.807) is 12.1 Å². The molecule has 0 radical (unpaired) electrons. The molecule has 0 saturated heterocycles. The van der Waals surface area contributed by atoms with E-state index in [1.807, 2.05) is 105 Å². The lowest BCUT2D eigenvalue weighted by Gasteiger charge is -2.25. The highest BCUT2D eigenvalue weighted by Gasteiger charge is 2.29. The van der Waals surface area contributed by atoms with Crippen LogP contribution in [-0.2, 0) is 33.8 Å². The lowest BCUT2D eigenvalue weighted by molar-refractivity contribution is -0.131. The van der Waals surface area contributed by atoms with Gasteiger partial charge in [0.05, 0.1) is 11.6 Å². The second-order valence-electron chi connectivity index (χ2n) is 11.8. The average molecular weight is 654 g/mol. The Balaban J connectivity index is 1.52. The summed E-state index contributed by atoms with van der Waals surface area (Å²) in [4.78, 5) is 53.0. The van der Waals surface area contributed by atoms with Crippen LogP contribution >= 0.6 is 11.6 Å². The average Bonchev–Trinajstić information content (AvgIpc) is 3.07. The molecule has 0 spiro atoms. The number of aldehydes is 1. The van der Waals surface area contributed by atoms with Crippen molar-refractivity contribution in [3.05, 3.63) is 136 Å². The van der Waals surface area contributed by atoms with Crippen molar-refractivity contribution in [2.24, 2.45) is 5.92 Å². The van der Waals surface area contributed by atoms with Gasteiger partial charge < -0.3 is 25.5 Å². The highest BCUT2D eigenvalue weighted by Crippen LogP contribution is 2.24. The van der Waals surface area contributed by atoms with Crippen molar-refractivity contribution >= 4 is 35.6 Å². The minimum atomic E-state index is -1.01. The zero-order valence-electron chi connectivity index (χ0n) is 26.5. The molecule has 3 N–H and O–H groups in total. The van der Waals surface area contributed by atoms with E-state index in [0.717, 1.165) is 16.7 Å². The molecule has 47 heavy (non-hydrogen) atoms. The molecule has 4 aromatic carbocycles. The zero-order valence-corrected chi connectivity index (χ0v) is 27.3. The quantitative estimate of drug-likeness (QED) is 0.134. The fourth-order valence-corrected chi connectivity index (χ4v) is 5.27. The van der Waals surface area contributed by atoms with Crippen LogP contribution in [0.25, 0.3) is 0 Å². The monoisotopic (exact) mass is 653 g/mol. The third-order valence-corrected chi connectivity index (χ3v) is 7.69. The van der Waals surface area contributed by atoms with Gasteiger partial charge in [-0.05, 0) is 53.6 Å². The first-order chi connectivity index (χ1) is 22.7. The van der Waals surface area contributed by atoms with E-state index in [9.17, 15) is 19.2 Å². The van der Waals surface area contributed by atoms with Gasteiger partial charge in [-0.1, -0.05) is 116 Å². The number of halogens is 1. The molecule has 3 atom stereocenters. The molecule has 0 aliphatic carbocycles. The standard InChI is InChI=1S/C38H40ClN3O5/c1-26(2)20-33(41-36(44)32-23-30(39)18-19-35(32)47-25-29-16-10-5-11-17-29)38(46)42-34(22-28-14-8-4-9-15-28)37(45)40-31(24-43)21-27-12-6-3-7-13-27/h3-19,23-24,26,31,33-34H,20-22,25H2,1-2H3,(H,40,45)(H,41,44)(H,42,46)/t31-,33-,34-/m0/s1. The van der Waals surface area contributed by atoms with Crippen LogP contribution in [-0.4, -0.2) is 42.1 Å². The molecule has 244 valence electrons. The maximum absolute atomic E-state index is 13.8. The lowest BCUT2D eigenvalue weighted by atomic mass is 10.00. The summed E-state index contributed by atoms with van der Waals surface area (Å²) in [5.41, 5.74) is 2.82. The summed E-state index contributed by atoms with van der Waals surface area (Å²) in [5.74, 6) is -1.21. The Labute approximate surface area is 280 Å². The summed E-state index contributed by atoms with van der Waals surface area (Å²) in [6, 6.07) is 30.2. The van der Waals surface area contributed by atoms with E-state index >= 15 is 0 Å². The van der Waals surface area contributed by atoms with Crippen LogP contribution < -0.4 is 20.7 Å². The van der Waals surface area contributed by atoms with Crippen molar-refractivity contribution in [3.8, 4) is 5.75 Å². The Morgan fingerprint density at radius 1 is 0.702 bits per heavy atom. The molecule has 0 fully saturated rings. The van der Waals surface area contributed by atoms with Gasteiger partial charge in [0.1, 0.15) is 30.7 Å². The smallest absolute Gasteiger partial charge is 0.255 e. The minimum absolute atomic E-state index is 0.0333. The number of benzene rings is 4. The Hall–Kier alpha value is -4.95. The molecule has 0 aliphatic heterocycles. The second-order valence-corrected chi connectivity index (χ2v) is 12.2. The number of amides is 3. The normalized spacial score (nSPS) is 12.8. The van der Waals surface area contributed by atoms with Crippen LogP contribution in [0, 0.1) is 5.92 Å². The molecule has 0 bridgehead atoms. The molecule has 3 amide bonds. The molecular weight excluding hydrogens is 614 g/mol. The number of ether oxygens (including phenoxy) is 1. The number of rotatable bonds is 16. The van der Waals surface area contributed by atoms with Crippen molar-refractivity contribution in [3.63, 3.8) is 0 Å². The lowest BCUT2D eigenvalue weighted by Crippen LogP contribution is -2.56. The van der Waals surface area contributed by atoms with Crippen LogP contribution in [0.15, 0.2) is 109 Å². The van der Waals surface area contributed by atoms with E-state index in [0.29, 0.717) is 29.9 Å². The molecule has 0 aromatic heterocycles. The number of hydrogen-bond acceptors (Lipinski definition) is 5. The Morgan fingerprint density at radius 3 is 1.83 bits per heavy atom. The molecule has 4 aromatic rings. The molecule has 0 saturated carbocycles. The number of hydrogen-bond donors (Lipinski definition) is 3. The third-order valence-electron chi connectivity index (χ3n) is 7.46. The molecular formula is C38H40ClN3O5. The van der Waals surface area contributed by atoms with E-state index in [1.165, 1.54) is 6.07 Å². The summed E-state index contributed by atoms with van der Waals surface area (Å²) >= 11 is 6.26. The van der Waals surface area contributed by atoms with Gasteiger partial charge in [-0.25, -0.2) is 0 Å². The van der Waals surface area contributed by atoms with Gasteiger partial charge in [0.2, 0.25) is 11.8 Å². The summed E-state index contributed by atoms with van der Waals surface area (Å²) in [6.07, 6.45) is 1.49. The SMILES string of the molecule is CC(C)C[C@H](NC(=O)c1cc(Cl)ccc1OCc1ccccc1)C(=O)N[C@@H](Cc1ccccc1)C(=O)N[C@H](C=O)Cc1ccccc1. The van der Waals surface area contributed by atoms with Crippen molar-refractivity contribution in [1.29, 1.82) is 0 Å². The molecule has 0 unspecified atom stereocenters. The summed E-state index contributed by atoms with van der Waals surface area (Å²) in [7, 11) is 0. The van der Waals surface area contributed by atoms with E-state index < -0.39 is 35.8 Å². The first-order valence-electron chi connectivity index (χ1n) is 15.6. The fourth-order valence-electron chi connectivity index (χ4n) is 5.10. The molecule has 8 nitrogen and oxygen atoms in total. The molecule has 0 aliphatic rings. The largest absolute Gasteiger partial charge is 0.488 e. The fraction of sp³-hybridized carbons (Fsp3) is 0.263. The molecule has 9 heteroatoms. The highest BCUT2D eigenvalue weighted by molar-refractivity contribution is 6.31. The van der Waals surface area contributed by atoms with E-state index in [4.69, 9.17) is 16.3 Å². The van der Waals surface area contributed by atoms with Crippen molar-refractivity contribution in [2.45, 2.75) is 57.8 Å². The van der Waals surface area contributed by atoms with Gasteiger partial charge in [0, 0.05) is 11.4 Å². The van der Waals surface area contributed by atoms with Crippen LogP contribution in [0.3, 0.4) is 0 Å². The first-order valence-corrected chi connectivity index (χ1v) is 16.0. The Morgan fingerprint density at radius 2 is 1.26 bits per heavy atom. The summed E-state index contributed by atoms with van der Waals surface area (Å²) in [6.45, 7) is 4.11. The summed E-state index contributed by atoms with van der Waals surface area (Å²) in [5, 5.41) is 8.83. The van der Waals surface area contributed by atoms with Crippen LogP contribution in [0.1, 0.15) is 47.3 Å². The predicted octanol–water partition coefficient (Wildman–Crippen LogP) is 5.72. The van der Waals surface area contributed by atoms with Gasteiger partial charge in [0.25, 0.3) is 5.91 Å². The number of carbonyl (C=O) groups excluding carboxylic acids is 4. The molecule has 4 rings (SSSR count). The van der Waals surface area contributed by atoms with Gasteiger partial charge >= 0.3 is 0 Å². The van der Waals surface area contributed by atoms with Crippen LogP contribution in [0.4, 0.5) is 0 Å². The Bertz CT molecular complexity index is 1620. The third kappa shape index (κ3) is 11.1. The number of nitrogens with one attached hydrogen (secondary N) is 3. The maximum Gasteiger partial charge on any atom is 0.255 e. The molecule has 0 heterocycles. The van der Waals surface area contributed by atoms with Gasteiger partial charge in [-0.15, -0.1) is 0 Å². The van der Waals surface area contributed by atoms with Crippen molar-refractivity contribution < 1.29 is 23.9 Å².